The van der Waals surface area contributed by atoms with Crippen LogP contribution in [0.5, 0.6) is 0 Å². The molecule has 2 heterocycles. The minimum absolute atomic E-state index is 0.0757. The molecule has 0 radical (unpaired) electrons. The first-order valence-electron chi connectivity index (χ1n) is 10.0. The lowest BCUT2D eigenvalue weighted by atomic mass is 9.95. The Hall–Kier alpha value is -2.76. The maximum absolute atomic E-state index is 14.0. The molecule has 152 valence electrons. The van der Waals surface area contributed by atoms with Crippen LogP contribution in [0.1, 0.15) is 39.9 Å². The Kier molecular flexibility index (Phi) is 5.11. The molecule has 1 atom stereocenters. The highest BCUT2D eigenvalue weighted by Gasteiger charge is 2.35. The van der Waals surface area contributed by atoms with Gasteiger partial charge in [-0.1, -0.05) is 17.2 Å². The van der Waals surface area contributed by atoms with Gasteiger partial charge in [-0.2, -0.15) is 0 Å². The van der Waals surface area contributed by atoms with Crippen LogP contribution in [0.15, 0.2) is 30.3 Å². The van der Waals surface area contributed by atoms with Crippen molar-refractivity contribution in [3.05, 3.63) is 64.2 Å². The number of anilines is 1. The van der Waals surface area contributed by atoms with Crippen molar-refractivity contribution < 1.29 is 18.4 Å². The van der Waals surface area contributed by atoms with Gasteiger partial charge < -0.3 is 9.80 Å². The summed E-state index contributed by atoms with van der Waals surface area (Å²) in [5, 5.41) is 0. The van der Waals surface area contributed by atoms with Crippen molar-refractivity contribution in [2.75, 3.05) is 24.5 Å². The standard InChI is InChI=1S/C23H24F2N2O2/c1-14-8-15(2)10-17(9-14)22(28)26-6-3-4-16(13-26)23(29)27-7-5-19-20(25)11-18(24)12-21(19)27/h8-12,16H,3-7,13H2,1-2H3. The van der Waals surface area contributed by atoms with Gasteiger partial charge in [-0.05, 0) is 51.3 Å². The molecule has 2 aliphatic rings. The van der Waals surface area contributed by atoms with Crippen molar-refractivity contribution in [1.82, 2.24) is 4.90 Å². The molecule has 6 heteroatoms. The Morgan fingerprint density at radius 3 is 2.45 bits per heavy atom. The van der Waals surface area contributed by atoms with Gasteiger partial charge in [0.2, 0.25) is 5.91 Å². The number of piperidine rings is 1. The van der Waals surface area contributed by atoms with Gasteiger partial charge in [-0.25, -0.2) is 8.78 Å². The van der Waals surface area contributed by atoms with Crippen molar-refractivity contribution in [1.29, 1.82) is 0 Å². The van der Waals surface area contributed by atoms with E-state index < -0.39 is 11.6 Å². The Bertz CT molecular complexity index is 969. The first-order chi connectivity index (χ1) is 13.8. The summed E-state index contributed by atoms with van der Waals surface area (Å²) in [6, 6.07) is 7.83. The zero-order chi connectivity index (χ0) is 20.7. The lowest BCUT2D eigenvalue weighted by molar-refractivity contribution is -0.123. The molecule has 2 aromatic carbocycles. The molecule has 2 aliphatic heterocycles. The van der Waals surface area contributed by atoms with Crippen LogP contribution in [-0.4, -0.2) is 36.3 Å². The molecule has 0 bridgehead atoms. The SMILES string of the molecule is Cc1cc(C)cc(C(=O)N2CCCC(C(=O)N3CCc4c(F)cc(F)cc43)C2)c1. The molecule has 0 aromatic heterocycles. The predicted molar refractivity (Wildman–Crippen MR) is 107 cm³/mol. The highest BCUT2D eigenvalue weighted by molar-refractivity contribution is 5.98. The topological polar surface area (TPSA) is 40.6 Å². The number of hydrogen-bond acceptors (Lipinski definition) is 2. The van der Waals surface area contributed by atoms with Gasteiger partial charge in [0.05, 0.1) is 11.6 Å². The van der Waals surface area contributed by atoms with E-state index in [0.29, 0.717) is 49.3 Å². The van der Waals surface area contributed by atoms with Gasteiger partial charge in [0.25, 0.3) is 5.91 Å². The zero-order valence-electron chi connectivity index (χ0n) is 16.7. The summed E-state index contributed by atoms with van der Waals surface area (Å²) in [5.41, 5.74) is 3.39. The van der Waals surface area contributed by atoms with E-state index in [-0.39, 0.29) is 17.7 Å². The van der Waals surface area contributed by atoms with Crippen LogP contribution >= 0.6 is 0 Å². The Labute approximate surface area is 169 Å². The molecule has 1 saturated heterocycles. The number of nitrogens with zero attached hydrogens (tertiary/aromatic N) is 2. The largest absolute Gasteiger partial charge is 0.338 e. The fourth-order valence-electron chi connectivity index (χ4n) is 4.52. The van der Waals surface area contributed by atoms with Crippen molar-refractivity contribution in [3.8, 4) is 0 Å². The molecule has 29 heavy (non-hydrogen) atoms. The van der Waals surface area contributed by atoms with Gasteiger partial charge in [0, 0.05) is 36.8 Å². The van der Waals surface area contributed by atoms with Crippen molar-refractivity contribution in [3.63, 3.8) is 0 Å². The van der Waals surface area contributed by atoms with Crippen LogP contribution in [0.3, 0.4) is 0 Å². The van der Waals surface area contributed by atoms with Crippen LogP contribution in [0, 0.1) is 31.4 Å². The summed E-state index contributed by atoms with van der Waals surface area (Å²) in [6.07, 6.45) is 1.77. The van der Waals surface area contributed by atoms with Crippen LogP contribution in [0.2, 0.25) is 0 Å². The second kappa shape index (κ2) is 7.58. The molecule has 1 unspecified atom stereocenters. The molecular formula is C23H24F2N2O2. The average Bonchev–Trinajstić information content (AvgIpc) is 3.10. The van der Waals surface area contributed by atoms with E-state index in [2.05, 4.69) is 0 Å². The fourth-order valence-corrected chi connectivity index (χ4v) is 4.52. The van der Waals surface area contributed by atoms with Gasteiger partial charge in [0.15, 0.2) is 0 Å². The highest BCUT2D eigenvalue weighted by Crippen LogP contribution is 2.33. The average molecular weight is 398 g/mol. The fraction of sp³-hybridized carbons (Fsp3) is 0.391. The van der Waals surface area contributed by atoms with Gasteiger partial charge in [-0.3, -0.25) is 9.59 Å². The van der Waals surface area contributed by atoms with E-state index in [4.69, 9.17) is 0 Å². The number of likely N-dealkylation sites (tertiary alicyclic amines) is 1. The lowest BCUT2D eigenvalue weighted by Crippen LogP contribution is -2.46. The Balaban J connectivity index is 1.52. The van der Waals surface area contributed by atoms with Crippen molar-refractivity contribution in [2.45, 2.75) is 33.1 Å². The third kappa shape index (κ3) is 3.76. The summed E-state index contributed by atoms with van der Waals surface area (Å²) < 4.78 is 27.7. The van der Waals surface area contributed by atoms with Gasteiger partial charge in [0.1, 0.15) is 11.6 Å². The van der Waals surface area contributed by atoms with Crippen LogP contribution in [0.4, 0.5) is 14.5 Å². The molecule has 0 spiro atoms. The number of hydrogen-bond donors (Lipinski definition) is 0. The van der Waals surface area contributed by atoms with E-state index >= 15 is 0 Å². The number of amides is 2. The normalized spacial score (nSPS) is 18.7. The number of rotatable bonds is 2. The number of carbonyl (C=O) groups excluding carboxylic acids is 2. The zero-order valence-corrected chi connectivity index (χ0v) is 16.7. The minimum Gasteiger partial charge on any atom is -0.338 e. The summed E-state index contributed by atoms with van der Waals surface area (Å²) >= 11 is 0. The molecule has 1 fully saturated rings. The van der Waals surface area contributed by atoms with Crippen LogP contribution < -0.4 is 4.90 Å². The molecule has 4 nitrogen and oxygen atoms in total. The maximum Gasteiger partial charge on any atom is 0.253 e. The van der Waals surface area contributed by atoms with E-state index in [1.807, 2.05) is 32.0 Å². The lowest BCUT2D eigenvalue weighted by Gasteiger charge is -2.34. The Morgan fingerprint density at radius 1 is 1.00 bits per heavy atom. The molecule has 4 rings (SSSR count). The quantitative estimate of drug-likeness (QED) is 0.767. The Morgan fingerprint density at radius 2 is 1.72 bits per heavy atom. The number of halogens is 2. The van der Waals surface area contributed by atoms with Gasteiger partial charge >= 0.3 is 0 Å². The van der Waals surface area contributed by atoms with Crippen LogP contribution in [0.25, 0.3) is 0 Å². The molecule has 2 aromatic rings. The summed E-state index contributed by atoms with van der Waals surface area (Å²) in [6.45, 7) is 5.19. The molecule has 0 saturated carbocycles. The maximum atomic E-state index is 14.0. The predicted octanol–water partition coefficient (Wildman–Crippen LogP) is 4.02. The monoisotopic (exact) mass is 398 g/mol. The number of aryl methyl sites for hydroxylation is 2. The van der Waals surface area contributed by atoms with Gasteiger partial charge in [-0.15, -0.1) is 0 Å². The van der Waals surface area contributed by atoms with E-state index in [9.17, 15) is 18.4 Å². The second-order valence-electron chi connectivity index (χ2n) is 8.09. The number of benzene rings is 2. The number of carbonyl (C=O) groups is 2. The third-order valence-electron chi connectivity index (χ3n) is 5.81. The molecular weight excluding hydrogens is 374 g/mol. The van der Waals surface area contributed by atoms with E-state index in [1.54, 1.807) is 4.90 Å². The van der Waals surface area contributed by atoms with Crippen molar-refractivity contribution in [2.24, 2.45) is 5.92 Å². The summed E-state index contributed by atoms with van der Waals surface area (Å²) in [4.78, 5) is 29.3. The van der Waals surface area contributed by atoms with Crippen molar-refractivity contribution >= 4 is 17.5 Å². The first-order valence-corrected chi connectivity index (χ1v) is 10.0. The molecule has 2 amide bonds. The van der Waals surface area contributed by atoms with E-state index in [1.165, 1.54) is 11.0 Å². The molecule has 0 aliphatic carbocycles. The summed E-state index contributed by atoms with van der Waals surface area (Å²) in [5.74, 6) is -1.89. The van der Waals surface area contributed by atoms with Crippen LogP contribution in [-0.2, 0) is 11.2 Å². The smallest absolute Gasteiger partial charge is 0.253 e. The minimum atomic E-state index is -0.684. The second-order valence-corrected chi connectivity index (χ2v) is 8.09. The molecule has 0 N–H and O–H groups in total. The first kappa shape index (κ1) is 19.6. The third-order valence-corrected chi connectivity index (χ3v) is 5.81. The highest BCUT2D eigenvalue weighted by atomic mass is 19.1. The number of fused-ring (bicyclic) bond motifs is 1. The summed E-state index contributed by atoms with van der Waals surface area (Å²) in [7, 11) is 0. The van der Waals surface area contributed by atoms with E-state index in [0.717, 1.165) is 23.6 Å².